The van der Waals surface area contributed by atoms with E-state index in [-0.39, 0.29) is 12.0 Å². The van der Waals surface area contributed by atoms with Crippen LogP contribution in [0.1, 0.15) is 6.92 Å². The summed E-state index contributed by atoms with van der Waals surface area (Å²) in [6, 6.07) is 5.67. The van der Waals surface area contributed by atoms with Crippen molar-refractivity contribution in [3.05, 3.63) is 36.8 Å². The summed E-state index contributed by atoms with van der Waals surface area (Å²) in [6.07, 6.45) is 5.14. The maximum absolute atomic E-state index is 11.4. The number of nitrogens with one attached hydrogen (secondary N) is 1. The molecule has 1 N–H and O–H groups in total. The lowest BCUT2D eigenvalue weighted by atomic mass is 10.2. The third-order valence-corrected chi connectivity index (χ3v) is 3.68. The normalized spacial score (nSPS) is 17.8. The molecule has 0 spiro atoms. The molecule has 0 unspecified atom stereocenters. The quantitative estimate of drug-likeness (QED) is 0.913. The highest BCUT2D eigenvalue weighted by Gasteiger charge is 2.22. The van der Waals surface area contributed by atoms with Gasteiger partial charge in [-0.05, 0) is 18.2 Å². The van der Waals surface area contributed by atoms with Crippen molar-refractivity contribution < 1.29 is 9.53 Å². The molecule has 1 saturated heterocycles. The van der Waals surface area contributed by atoms with Crippen molar-refractivity contribution in [2.45, 2.75) is 13.0 Å². The zero-order chi connectivity index (χ0) is 16.1. The summed E-state index contributed by atoms with van der Waals surface area (Å²) in [5.74, 6) is 0.614. The van der Waals surface area contributed by atoms with E-state index in [9.17, 15) is 4.79 Å². The van der Waals surface area contributed by atoms with Gasteiger partial charge >= 0.3 is 0 Å². The molecule has 3 heterocycles. The molecule has 23 heavy (non-hydrogen) atoms. The van der Waals surface area contributed by atoms with Crippen molar-refractivity contribution in [2.75, 3.05) is 31.6 Å². The molecule has 1 fully saturated rings. The van der Waals surface area contributed by atoms with Crippen LogP contribution in [0, 0.1) is 0 Å². The second-order valence-corrected chi connectivity index (χ2v) is 5.35. The number of aromatic nitrogens is 3. The maximum atomic E-state index is 11.4. The molecule has 7 heteroatoms. The van der Waals surface area contributed by atoms with Gasteiger partial charge in [0.25, 0.3) is 0 Å². The van der Waals surface area contributed by atoms with E-state index >= 15 is 0 Å². The predicted octanol–water partition coefficient (Wildman–Crippen LogP) is 1.20. The Morgan fingerprint density at radius 3 is 3.13 bits per heavy atom. The molecule has 0 radical (unpaired) electrons. The summed E-state index contributed by atoms with van der Waals surface area (Å²) in [4.78, 5) is 26.0. The van der Waals surface area contributed by atoms with E-state index in [1.807, 2.05) is 18.2 Å². The van der Waals surface area contributed by atoms with Crippen molar-refractivity contribution in [3.8, 4) is 11.3 Å². The second-order valence-electron chi connectivity index (χ2n) is 5.35. The Balaban J connectivity index is 1.61. The molecule has 1 aliphatic heterocycles. The van der Waals surface area contributed by atoms with Crippen molar-refractivity contribution in [2.24, 2.45) is 0 Å². The number of rotatable bonds is 4. The van der Waals surface area contributed by atoms with Gasteiger partial charge in [-0.3, -0.25) is 9.78 Å². The number of nitrogens with zero attached hydrogens (tertiary/aromatic N) is 4. The van der Waals surface area contributed by atoms with Crippen LogP contribution in [0.4, 0.5) is 5.95 Å². The standard InChI is InChI=1S/C16H19N5O2/c1-12(22)21-7-8-23-14(11-21)10-19-16-18-6-4-15(20-16)13-3-2-5-17-9-13/h2-6,9,14H,7-8,10-11H2,1H3,(H,18,19,20)/t14-/m1/s1. The molecule has 1 amide bonds. The number of morpholine rings is 1. The van der Waals surface area contributed by atoms with Crippen LogP contribution in [-0.4, -0.2) is 58.1 Å². The van der Waals surface area contributed by atoms with Crippen LogP contribution in [0.2, 0.25) is 0 Å². The van der Waals surface area contributed by atoms with Crippen molar-refractivity contribution >= 4 is 11.9 Å². The monoisotopic (exact) mass is 313 g/mol. The number of anilines is 1. The van der Waals surface area contributed by atoms with Crippen LogP contribution in [0.25, 0.3) is 11.3 Å². The number of pyridine rings is 1. The third kappa shape index (κ3) is 4.01. The molecular weight excluding hydrogens is 294 g/mol. The molecule has 2 aromatic heterocycles. The Kier molecular flexibility index (Phi) is 4.77. The molecule has 0 aliphatic carbocycles. The van der Waals surface area contributed by atoms with Crippen LogP contribution in [-0.2, 0) is 9.53 Å². The van der Waals surface area contributed by atoms with E-state index in [1.54, 1.807) is 30.4 Å². The topological polar surface area (TPSA) is 80.2 Å². The van der Waals surface area contributed by atoms with Gasteiger partial charge in [-0.1, -0.05) is 0 Å². The first-order valence-electron chi connectivity index (χ1n) is 7.57. The van der Waals surface area contributed by atoms with Gasteiger partial charge in [0.1, 0.15) is 0 Å². The maximum Gasteiger partial charge on any atom is 0.223 e. The Hall–Kier alpha value is -2.54. The van der Waals surface area contributed by atoms with Crippen LogP contribution < -0.4 is 5.32 Å². The van der Waals surface area contributed by atoms with Crippen LogP contribution in [0.3, 0.4) is 0 Å². The molecule has 2 aromatic rings. The zero-order valence-corrected chi connectivity index (χ0v) is 13.0. The number of carbonyl (C=O) groups excluding carboxylic acids is 1. The minimum atomic E-state index is -0.0571. The Morgan fingerprint density at radius 1 is 1.43 bits per heavy atom. The number of hydrogen-bond donors (Lipinski definition) is 1. The Bertz CT molecular complexity index is 665. The summed E-state index contributed by atoms with van der Waals surface area (Å²) < 4.78 is 5.67. The van der Waals surface area contributed by atoms with Crippen molar-refractivity contribution in [1.29, 1.82) is 0 Å². The molecule has 1 atom stereocenters. The van der Waals surface area contributed by atoms with Gasteiger partial charge in [0.15, 0.2) is 0 Å². The second kappa shape index (κ2) is 7.15. The lowest BCUT2D eigenvalue weighted by Gasteiger charge is -2.32. The molecule has 0 aromatic carbocycles. The minimum Gasteiger partial charge on any atom is -0.373 e. The van der Waals surface area contributed by atoms with Crippen molar-refractivity contribution in [1.82, 2.24) is 19.9 Å². The van der Waals surface area contributed by atoms with Gasteiger partial charge in [0.05, 0.1) is 18.4 Å². The highest BCUT2D eigenvalue weighted by Crippen LogP contribution is 2.16. The molecule has 0 saturated carbocycles. The van der Waals surface area contributed by atoms with E-state index < -0.39 is 0 Å². The van der Waals surface area contributed by atoms with Gasteiger partial charge in [-0.15, -0.1) is 0 Å². The SMILES string of the molecule is CC(=O)N1CCO[C@H](CNc2nccc(-c3cccnc3)n2)C1. The molecule has 3 rings (SSSR count). The Morgan fingerprint density at radius 2 is 2.35 bits per heavy atom. The first-order valence-corrected chi connectivity index (χ1v) is 7.57. The van der Waals surface area contributed by atoms with Crippen molar-refractivity contribution in [3.63, 3.8) is 0 Å². The Labute approximate surface area is 134 Å². The van der Waals surface area contributed by atoms with Gasteiger partial charge in [-0.2, -0.15) is 0 Å². The van der Waals surface area contributed by atoms with Gasteiger partial charge in [0.2, 0.25) is 11.9 Å². The van der Waals surface area contributed by atoms with E-state index in [0.717, 1.165) is 11.3 Å². The number of hydrogen-bond acceptors (Lipinski definition) is 6. The van der Waals surface area contributed by atoms with Gasteiger partial charge in [-0.25, -0.2) is 9.97 Å². The predicted molar refractivity (Wildman–Crippen MR) is 85.7 cm³/mol. The summed E-state index contributed by atoms with van der Waals surface area (Å²) >= 11 is 0. The van der Waals surface area contributed by atoms with Gasteiger partial charge in [0, 0.05) is 50.7 Å². The highest BCUT2D eigenvalue weighted by atomic mass is 16.5. The highest BCUT2D eigenvalue weighted by molar-refractivity contribution is 5.73. The average molecular weight is 313 g/mol. The third-order valence-electron chi connectivity index (χ3n) is 3.68. The first kappa shape index (κ1) is 15.4. The number of carbonyl (C=O) groups is 1. The largest absolute Gasteiger partial charge is 0.373 e. The fourth-order valence-corrected chi connectivity index (χ4v) is 2.45. The molecule has 7 nitrogen and oxygen atoms in total. The van der Waals surface area contributed by atoms with E-state index in [0.29, 0.717) is 32.2 Å². The summed E-state index contributed by atoms with van der Waals surface area (Å²) in [6.45, 7) is 3.93. The fourth-order valence-electron chi connectivity index (χ4n) is 2.45. The number of ether oxygens (including phenoxy) is 1. The molecule has 0 bridgehead atoms. The average Bonchev–Trinajstić information content (AvgIpc) is 2.61. The summed E-state index contributed by atoms with van der Waals surface area (Å²) in [5, 5.41) is 3.18. The number of amides is 1. The fraction of sp³-hybridized carbons (Fsp3) is 0.375. The molecule has 120 valence electrons. The zero-order valence-electron chi connectivity index (χ0n) is 13.0. The van der Waals surface area contributed by atoms with E-state index in [1.165, 1.54) is 0 Å². The van der Waals surface area contributed by atoms with Crippen LogP contribution in [0.15, 0.2) is 36.8 Å². The van der Waals surface area contributed by atoms with Crippen LogP contribution >= 0.6 is 0 Å². The summed E-state index contributed by atoms with van der Waals surface area (Å²) in [5.41, 5.74) is 1.75. The molecular formula is C16H19N5O2. The first-order chi connectivity index (χ1) is 11.2. The van der Waals surface area contributed by atoms with Gasteiger partial charge < -0.3 is 15.0 Å². The minimum absolute atomic E-state index is 0.0571. The van der Waals surface area contributed by atoms with Crippen LogP contribution in [0.5, 0.6) is 0 Å². The van der Waals surface area contributed by atoms with E-state index in [2.05, 4.69) is 20.3 Å². The molecule has 1 aliphatic rings. The van der Waals surface area contributed by atoms with E-state index in [4.69, 9.17) is 4.74 Å². The lowest BCUT2D eigenvalue weighted by molar-refractivity contribution is -0.135. The summed E-state index contributed by atoms with van der Waals surface area (Å²) in [7, 11) is 0. The smallest absolute Gasteiger partial charge is 0.223 e. The lowest BCUT2D eigenvalue weighted by Crippen LogP contribution is -2.47.